The lowest BCUT2D eigenvalue weighted by Crippen LogP contribution is -1.93. The minimum absolute atomic E-state index is 0.691. The second-order valence-corrected chi connectivity index (χ2v) is 4.65. The molecule has 0 aliphatic rings. The summed E-state index contributed by atoms with van der Waals surface area (Å²) < 4.78 is 5.16. The van der Waals surface area contributed by atoms with E-state index in [1.807, 2.05) is 24.5 Å². The highest BCUT2D eigenvalue weighted by Crippen LogP contribution is 2.11. The number of nitrogen functional groups attached to an aromatic ring is 1. The Balaban J connectivity index is 1.93. The summed E-state index contributed by atoms with van der Waals surface area (Å²) in [6.07, 6.45) is 3.64. The van der Waals surface area contributed by atoms with Gasteiger partial charge in [0.2, 0.25) is 5.89 Å². The highest BCUT2D eigenvalue weighted by molar-refractivity contribution is 7.97. The third-order valence-electron chi connectivity index (χ3n) is 2.36. The number of rotatable bonds is 5. The Morgan fingerprint density at radius 3 is 3.00 bits per heavy atom. The zero-order valence-electron chi connectivity index (χ0n) is 9.72. The first kappa shape index (κ1) is 12.0. The molecule has 0 aliphatic carbocycles. The third-order valence-corrected chi connectivity index (χ3v) is 2.91. The summed E-state index contributed by atoms with van der Waals surface area (Å²) >= 11 is 1.68. The van der Waals surface area contributed by atoms with E-state index in [1.54, 1.807) is 11.8 Å². The Kier molecular flexibility index (Phi) is 4.03. The van der Waals surface area contributed by atoms with Crippen molar-refractivity contribution in [3.8, 4) is 0 Å². The van der Waals surface area contributed by atoms with E-state index in [2.05, 4.69) is 16.2 Å². The monoisotopic (exact) mass is 249 g/mol. The Bertz CT molecular complexity index is 484. The molecule has 0 fully saturated rings. The molecular weight excluding hydrogens is 234 g/mol. The van der Waals surface area contributed by atoms with Gasteiger partial charge in [0.25, 0.3) is 0 Å². The number of nitrogens with two attached hydrogens (primary N) is 1. The molecule has 0 saturated heterocycles. The maximum absolute atomic E-state index is 5.72. The average molecular weight is 249 g/mol. The smallest absolute Gasteiger partial charge is 0.227 e. The number of benzene rings is 1. The SMILES string of the molecule is CSCc1noc(CCc2cccc(N)c2)n1. The van der Waals surface area contributed by atoms with Gasteiger partial charge >= 0.3 is 0 Å². The van der Waals surface area contributed by atoms with Crippen LogP contribution in [0.25, 0.3) is 0 Å². The molecule has 17 heavy (non-hydrogen) atoms. The maximum Gasteiger partial charge on any atom is 0.227 e. The van der Waals surface area contributed by atoms with Crippen LogP contribution in [0, 0.1) is 0 Å². The van der Waals surface area contributed by atoms with Gasteiger partial charge in [0.1, 0.15) is 0 Å². The summed E-state index contributed by atoms with van der Waals surface area (Å²) in [5.74, 6) is 2.25. The van der Waals surface area contributed by atoms with Gasteiger partial charge in [-0.05, 0) is 30.4 Å². The number of thioether (sulfide) groups is 1. The minimum atomic E-state index is 0.691. The first-order chi connectivity index (χ1) is 8.28. The normalized spacial score (nSPS) is 10.6. The average Bonchev–Trinajstić information content (AvgIpc) is 2.75. The summed E-state index contributed by atoms with van der Waals surface area (Å²) in [4.78, 5) is 4.31. The van der Waals surface area contributed by atoms with Crippen molar-refractivity contribution < 1.29 is 4.52 Å². The molecular formula is C12H15N3OS. The second-order valence-electron chi connectivity index (χ2n) is 3.78. The van der Waals surface area contributed by atoms with Crippen LogP contribution in [0.2, 0.25) is 0 Å². The number of nitrogens with zero attached hydrogens (tertiary/aromatic N) is 2. The molecule has 0 aliphatic heterocycles. The predicted octanol–water partition coefficient (Wildman–Crippen LogP) is 2.30. The largest absolute Gasteiger partial charge is 0.399 e. The highest BCUT2D eigenvalue weighted by Gasteiger charge is 2.05. The van der Waals surface area contributed by atoms with Crippen LogP contribution in [0.1, 0.15) is 17.3 Å². The van der Waals surface area contributed by atoms with Crippen LogP contribution in [0.15, 0.2) is 28.8 Å². The van der Waals surface area contributed by atoms with E-state index >= 15 is 0 Å². The molecule has 0 amide bonds. The fourth-order valence-electron chi connectivity index (χ4n) is 1.58. The van der Waals surface area contributed by atoms with Crippen LogP contribution >= 0.6 is 11.8 Å². The lowest BCUT2D eigenvalue weighted by molar-refractivity contribution is 0.374. The van der Waals surface area contributed by atoms with Gasteiger partial charge in [-0.2, -0.15) is 16.7 Å². The predicted molar refractivity (Wildman–Crippen MR) is 69.8 cm³/mol. The van der Waals surface area contributed by atoms with E-state index in [1.165, 1.54) is 5.56 Å². The molecule has 1 heterocycles. The Labute approximate surface area is 105 Å². The Morgan fingerprint density at radius 1 is 1.35 bits per heavy atom. The molecule has 1 aromatic carbocycles. The summed E-state index contributed by atoms with van der Waals surface area (Å²) in [5.41, 5.74) is 7.69. The maximum atomic E-state index is 5.72. The van der Waals surface area contributed by atoms with E-state index in [4.69, 9.17) is 10.3 Å². The minimum Gasteiger partial charge on any atom is -0.399 e. The van der Waals surface area contributed by atoms with Gasteiger partial charge < -0.3 is 10.3 Å². The molecule has 2 N–H and O–H groups in total. The molecule has 2 rings (SSSR count). The molecule has 1 aromatic heterocycles. The molecule has 4 nitrogen and oxygen atoms in total. The first-order valence-electron chi connectivity index (χ1n) is 5.43. The fraction of sp³-hybridized carbons (Fsp3) is 0.333. The van der Waals surface area contributed by atoms with Crippen molar-refractivity contribution in [2.45, 2.75) is 18.6 Å². The molecule has 0 saturated carbocycles. The molecule has 5 heteroatoms. The van der Waals surface area contributed by atoms with Crippen LogP contribution < -0.4 is 5.73 Å². The van der Waals surface area contributed by atoms with Crippen molar-refractivity contribution in [1.82, 2.24) is 10.1 Å². The van der Waals surface area contributed by atoms with Gasteiger partial charge in [0.05, 0.1) is 5.75 Å². The van der Waals surface area contributed by atoms with E-state index in [9.17, 15) is 0 Å². The van der Waals surface area contributed by atoms with E-state index in [-0.39, 0.29) is 0 Å². The van der Waals surface area contributed by atoms with Crippen molar-refractivity contribution in [2.24, 2.45) is 0 Å². The van der Waals surface area contributed by atoms with Crippen LogP contribution in [0.3, 0.4) is 0 Å². The van der Waals surface area contributed by atoms with E-state index in [0.717, 1.165) is 30.1 Å². The number of hydrogen-bond acceptors (Lipinski definition) is 5. The van der Waals surface area contributed by atoms with Crippen molar-refractivity contribution in [3.63, 3.8) is 0 Å². The zero-order chi connectivity index (χ0) is 12.1. The Morgan fingerprint density at radius 2 is 2.24 bits per heavy atom. The Hall–Kier alpha value is -1.49. The van der Waals surface area contributed by atoms with E-state index in [0.29, 0.717) is 5.89 Å². The molecule has 90 valence electrons. The van der Waals surface area contributed by atoms with Crippen LogP contribution in [0.5, 0.6) is 0 Å². The lowest BCUT2D eigenvalue weighted by Gasteiger charge is -1.99. The second kappa shape index (κ2) is 5.72. The number of anilines is 1. The molecule has 2 aromatic rings. The van der Waals surface area contributed by atoms with Crippen molar-refractivity contribution >= 4 is 17.4 Å². The third kappa shape index (κ3) is 3.49. The van der Waals surface area contributed by atoms with Gasteiger partial charge in [-0.1, -0.05) is 17.3 Å². The summed E-state index contributed by atoms with van der Waals surface area (Å²) in [6.45, 7) is 0. The summed E-state index contributed by atoms with van der Waals surface area (Å²) in [6, 6.07) is 7.86. The molecule has 0 radical (unpaired) electrons. The topological polar surface area (TPSA) is 64.9 Å². The van der Waals surface area contributed by atoms with Gasteiger partial charge in [0.15, 0.2) is 5.82 Å². The van der Waals surface area contributed by atoms with Gasteiger partial charge in [-0.15, -0.1) is 0 Å². The number of hydrogen-bond donors (Lipinski definition) is 1. The number of aromatic nitrogens is 2. The quantitative estimate of drug-likeness (QED) is 0.824. The fourth-order valence-corrected chi connectivity index (χ4v) is 1.95. The van der Waals surface area contributed by atoms with Crippen LogP contribution in [0.4, 0.5) is 5.69 Å². The standard InChI is InChI=1S/C12H15N3OS/c1-17-8-11-14-12(16-15-11)6-5-9-3-2-4-10(13)7-9/h2-4,7H,5-6,8,13H2,1H3. The van der Waals surface area contributed by atoms with Crippen molar-refractivity contribution in [2.75, 3.05) is 12.0 Å². The molecule has 0 spiro atoms. The van der Waals surface area contributed by atoms with Crippen molar-refractivity contribution in [3.05, 3.63) is 41.5 Å². The molecule has 0 atom stereocenters. The van der Waals surface area contributed by atoms with Crippen LogP contribution in [-0.2, 0) is 18.6 Å². The first-order valence-corrected chi connectivity index (χ1v) is 6.82. The summed E-state index contributed by atoms with van der Waals surface area (Å²) in [7, 11) is 0. The summed E-state index contributed by atoms with van der Waals surface area (Å²) in [5, 5.41) is 3.90. The number of aryl methyl sites for hydroxylation is 2. The highest BCUT2D eigenvalue weighted by atomic mass is 32.2. The molecule has 0 unspecified atom stereocenters. The van der Waals surface area contributed by atoms with Crippen molar-refractivity contribution in [1.29, 1.82) is 0 Å². The van der Waals surface area contributed by atoms with Gasteiger partial charge in [-0.3, -0.25) is 0 Å². The zero-order valence-corrected chi connectivity index (χ0v) is 10.5. The van der Waals surface area contributed by atoms with E-state index < -0.39 is 0 Å². The lowest BCUT2D eigenvalue weighted by atomic mass is 10.1. The van der Waals surface area contributed by atoms with Crippen LogP contribution in [-0.4, -0.2) is 16.4 Å². The molecule has 0 bridgehead atoms. The van der Waals surface area contributed by atoms with Gasteiger partial charge in [0, 0.05) is 12.1 Å². The van der Waals surface area contributed by atoms with Gasteiger partial charge in [-0.25, -0.2) is 0 Å².